The van der Waals surface area contributed by atoms with Gasteiger partial charge in [-0.15, -0.1) is 0 Å². The van der Waals surface area contributed by atoms with Crippen LogP contribution in [-0.4, -0.2) is 91.4 Å². The van der Waals surface area contributed by atoms with E-state index in [0.717, 1.165) is 57.2 Å². The molecule has 1 atom stereocenters. The number of anilines is 3. The second-order valence-corrected chi connectivity index (χ2v) is 7.67. The van der Waals surface area contributed by atoms with E-state index in [2.05, 4.69) is 31.7 Å². The van der Waals surface area contributed by atoms with Gasteiger partial charge in [0.25, 0.3) is 0 Å². The lowest BCUT2D eigenvalue weighted by atomic mass is 9.93. The van der Waals surface area contributed by atoms with Crippen molar-refractivity contribution in [2.75, 3.05) is 75.4 Å². The normalized spacial score (nSPS) is 27.3. The van der Waals surface area contributed by atoms with Crippen LogP contribution in [0.25, 0.3) is 0 Å². The van der Waals surface area contributed by atoms with Crippen molar-refractivity contribution in [1.82, 2.24) is 19.8 Å². The third-order valence-electron chi connectivity index (χ3n) is 5.55. The number of nitrogens with two attached hydrogens (primary N) is 1. The summed E-state index contributed by atoms with van der Waals surface area (Å²) in [6, 6.07) is 2.02. The number of aromatic nitrogens is 2. The highest BCUT2D eigenvalue weighted by Gasteiger charge is 2.46. The van der Waals surface area contributed by atoms with Gasteiger partial charge < -0.3 is 30.1 Å². The number of amides is 1. The third kappa shape index (κ3) is 3.23. The fraction of sp³-hybridized carbons (Fsp3) is 0.706. The van der Waals surface area contributed by atoms with Gasteiger partial charge in [0.05, 0.1) is 13.1 Å². The van der Waals surface area contributed by atoms with Crippen LogP contribution >= 0.6 is 0 Å². The number of ether oxygens (including phenoxy) is 1. The van der Waals surface area contributed by atoms with Crippen molar-refractivity contribution in [3.63, 3.8) is 0 Å². The van der Waals surface area contributed by atoms with E-state index < -0.39 is 5.60 Å². The first-order valence-electron chi connectivity index (χ1n) is 9.21. The number of likely N-dealkylation sites (N-methyl/N-ethyl adjacent to an activating group) is 2. The molecule has 1 aromatic heterocycles. The minimum Gasteiger partial charge on any atom is -0.439 e. The summed E-state index contributed by atoms with van der Waals surface area (Å²) >= 11 is 0. The largest absolute Gasteiger partial charge is 0.439 e. The first-order valence-corrected chi connectivity index (χ1v) is 9.21. The standard InChI is InChI=1S/C17H27N7O2/c1-21-6-8-23(9-7-21)13-10-14(20-15(18)19-13)24-5-3-4-17(12-24)11-22(2)16(25)26-17/h10H,3-9,11-12H2,1-2H3,(H2,18,19,20)/t17-/m1/s1. The SMILES string of the molecule is CN1CCN(c2cc(N3CCC[C@@]4(CN(C)C(=O)O4)C3)nc(N)n2)CC1. The van der Waals surface area contributed by atoms with E-state index in [4.69, 9.17) is 10.5 Å². The fourth-order valence-electron chi connectivity index (χ4n) is 4.10. The molecule has 1 amide bonds. The maximum atomic E-state index is 11.9. The van der Waals surface area contributed by atoms with Crippen LogP contribution in [0.2, 0.25) is 0 Å². The van der Waals surface area contributed by atoms with Crippen LogP contribution in [0.4, 0.5) is 22.4 Å². The molecule has 4 heterocycles. The van der Waals surface area contributed by atoms with Gasteiger partial charge in [-0.25, -0.2) is 4.79 Å². The molecule has 26 heavy (non-hydrogen) atoms. The molecule has 0 aromatic carbocycles. The molecule has 0 bridgehead atoms. The summed E-state index contributed by atoms with van der Waals surface area (Å²) in [7, 11) is 3.91. The molecule has 3 aliphatic rings. The van der Waals surface area contributed by atoms with Gasteiger partial charge in [-0.3, -0.25) is 0 Å². The molecule has 9 nitrogen and oxygen atoms in total. The van der Waals surface area contributed by atoms with Crippen LogP contribution < -0.4 is 15.5 Å². The van der Waals surface area contributed by atoms with Crippen LogP contribution in [0.1, 0.15) is 12.8 Å². The molecule has 1 aromatic rings. The summed E-state index contributed by atoms with van der Waals surface area (Å²) in [5.74, 6) is 1.98. The van der Waals surface area contributed by atoms with E-state index in [9.17, 15) is 4.79 Å². The van der Waals surface area contributed by atoms with Crippen molar-refractivity contribution in [3.05, 3.63) is 6.07 Å². The number of piperidine rings is 1. The molecule has 1 spiro atoms. The lowest BCUT2D eigenvalue weighted by Crippen LogP contribution is -2.51. The van der Waals surface area contributed by atoms with Crippen molar-refractivity contribution in [3.8, 4) is 0 Å². The van der Waals surface area contributed by atoms with Gasteiger partial charge in [0.2, 0.25) is 5.95 Å². The Bertz CT molecular complexity index is 692. The van der Waals surface area contributed by atoms with E-state index in [1.165, 1.54) is 0 Å². The summed E-state index contributed by atoms with van der Waals surface area (Å²) in [5, 5.41) is 0. The molecule has 142 valence electrons. The summed E-state index contributed by atoms with van der Waals surface area (Å²) < 4.78 is 5.70. The lowest BCUT2D eigenvalue weighted by molar-refractivity contribution is 0.0445. The van der Waals surface area contributed by atoms with Crippen LogP contribution in [0, 0.1) is 0 Å². The first-order chi connectivity index (χ1) is 12.4. The summed E-state index contributed by atoms with van der Waals surface area (Å²) in [5.41, 5.74) is 5.56. The minimum absolute atomic E-state index is 0.243. The Morgan fingerprint density at radius 3 is 2.38 bits per heavy atom. The van der Waals surface area contributed by atoms with E-state index in [-0.39, 0.29) is 12.0 Å². The zero-order chi connectivity index (χ0) is 18.3. The number of rotatable bonds is 2. The Morgan fingerprint density at radius 2 is 1.73 bits per heavy atom. The fourth-order valence-corrected chi connectivity index (χ4v) is 4.10. The highest BCUT2D eigenvalue weighted by atomic mass is 16.6. The van der Waals surface area contributed by atoms with Crippen molar-refractivity contribution < 1.29 is 9.53 Å². The monoisotopic (exact) mass is 361 g/mol. The third-order valence-corrected chi connectivity index (χ3v) is 5.55. The van der Waals surface area contributed by atoms with Gasteiger partial charge in [-0.1, -0.05) is 0 Å². The predicted molar refractivity (Wildman–Crippen MR) is 99.4 cm³/mol. The molecular weight excluding hydrogens is 334 g/mol. The minimum atomic E-state index is -0.447. The molecule has 3 aliphatic heterocycles. The van der Waals surface area contributed by atoms with Crippen LogP contribution in [0.15, 0.2) is 6.07 Å². The second-order valence-electron chi connectivity index (χ2n) is 7.67. The highest BCUT2D eigenvalue weighted by molar-refractivity contribution is 5.70. The number of carbonyl (C=O) groups excluding carboxylic acids is 1. The Labute approximate surface area is 153 Å². The van der Waals surface area contributed by atoms with E-state index >= 15 is 0 Å². The van der Waals surface area contributed by atoms with Gasteiger partial charge in [0.15, 0.2) is 0 Å². The molecule has 0 radical (unpaired) electrons. The Balaban J connectivity index is 1.54. The molecule has 0 saturated carbocycles. The van der Waals surface area contributed by atoms with Gasteiger partial charge in [-0.05, 0) is 19.9 Å². The zero-order valence-corrected chi connectivity index (χ0v) is 15.5. The average molecular weight is 361 g/mol. The number of carbonyl (C=O) groups is 1. The number of hydrogen-bond donors (Lipinski definition) is 1. The number of nitrogen functional groups attached to an aromatic ring is 1. The smallest absolute Gasteiger partial charge is 0.410 e. The van der Waals surface area contributed by atoms with Crippen molar-refractivity contribution in [1.29, 1.82) is 0 Å². The molecule has 4 rings (SSSR count). The quantitative estimate of drug-likeness (QED) is 0.801. The van der Waals surface area contributed by atoms with Gasteiger partial charge in [0, 0.05) is 45.8 Å². The predicted octanol–water partition coefficient (Wildman–Crippen LogP) is 0.232. The number of hydrogen-bond acceptors (Lipinski definition) is 8. The van der Waals surface area contributed by atoms with Crippen molar-refractivity contribution in [2.45, 2.75) is 18.4 Å². The van der Waals surface area contributed by atoms with Crippen LogP contribution in [0.5, 0.6) is 0 Å². The molecule has 9 heteroatoms. The zero-order valence-electron chi connectivity index (χ0n) is 15.5. The topological polar surface area (TPSA) is 91.1 Å². The molecule has 3 saturated heterocycles. The second kappa shape index (κ2) is 6.46. The maximum Gasteiger partial charge on any atom is 0.410 e. The van der Waals surface area contributed by atoms with Gasteiger partial charge in [0.1, 0.15) is 17.2 Å². The lowest BCUT2D eigenvalue weighted by Gasteiger charge is -2.39. The average Bonchev–Trinajstić information content (AvgIpc) is 2.88. The Morgan fingerprint density at radius 1 is 1.04 bits per heavy atom. The molecule has 0 aliphatic carbocycles. The molecular formula is C17H27N7O2. The summed E-state index contributed by atoms with van der Waals surface area (Å²) in [6.07, 6.45) is 1.59. The highest BCUT2D eigenvalue weighted by Crippen LogP contribution is 2.34. The number of nitrogens with zero attached hydrogens (tertiary/aromatic N) is 6. The van der Waals surface area contributed by atoms with E-state index in [1.54, 1.807) is 11.9 Å². The number of piperazine rings is 1. The van der Waals surface area contributed by atoms with Crippen molar-refractivity contribution >= 4 is 23.7 Å². The summed E-state index contributed by atoms with van der Waals surface area (Å²) in [6.45, 7) is 6.01. The van der Waals surface area contributed by atoms with Crippen molar-refractivity contribution in [2.24, 2.45) is 0 Å². The van der Waals surface area contributed by atoms with Gasteiger partial charge >= 0.3 is 6.09 Å². The first kappa shape index (κ1) is 17.1. The molecule has 0 unspecified atom stereocenters. The van der Waals surface area contributed by atoms with E-state index in [0.29, 0.717) is 13.1 Å². The summed E-state index contributed by atoms with van der Waals surface area (Å²) in [4.78, 5) is 29.1. The maximum absolute atomic E-state index is 11.9. The molecule has 3 fully saturated rings. The molecule has 2 N–H and O–H groups in total. The van der Waals surface area contributed by atoms with Gasteiger partial charge in [-0.2, -0.15) is 9.97 Å². The Hall–Kier alpha value is -2.29. The Kier molecular flexibility index (Phi) is 4.26. The van der Waals surface area contributed by atoms with E-state index in [1.807, 2.05) is 6.07 Å². The van der Waals surface area contributed by atoms with Crippen LogP contribution in [0.3, 0.4) is 0 Å². The van der Waals surface area contributed by atoms with Crippen LogP contribution in [-0.2, 0) is 4.74 Å².